The van der Waals surface area contributed by atoms with E-state index in [2.05, 4.69) is 34.3 Å². The van der Waals surface area contributed by atoms with Gasteiger partial charge < -0.3 is 11.1 Å². The highest BCUT2D eigenvalue weighted by Gasteiger charge is 2.20. The summed E-state index contributed by atoms with van der Waals surface area (Å²) in [5.41, 5.74) is 7.56. The molecule has 138 valence electrons. The smallest absolute Gasteiger partial charge is 0.250 e. The maximum Gasteiger partial charge on any atom is 0.250 e. The topological polar surface area (TPSA) is 93.8 Å². The van der Waals surface area contributed by atoms with Gasteiger partial charge in [-0.25, -0.2) is 4.39 Å². The van der Waals surface area contributed by atoms with Crippen LogP contribution >= 0.6 is 0 Å². The van der Waals surface area contributed by atoms with Gasteiger partial charge in [-0.1, -0.05) is 26.0 Å². The molecule has 0 unspecified atom stereocenters. The van der Waals surface area contributed by atoms with E-state index in [1.165, 1.54) is 18.3 Å². The third-order valence-electron chi connectivity index (χ3n) is 4.31. The molecule has 0 saturated carbocycles. The summed E-state index contributed by atoms with van der Waals surface area (Å²) in [5.74, 6) is -0.146. The van der Waals surface area contributed by atoms with Crippen molar-refractivity contribution in [3.63, 3.8) is 0 Å². The standard InChI is InChI=1S/C20H20FN5O/c1-20(2,14-4-6-15(21)7-5-14)12-24-18-10-9-17(25-26-18)16-8-3-13(11-23-16)19(22)27/h3-11H,12H2,1-2H3,(H2,22,27)(H,24,26). The van der Waals surface area contributed by atoms with E-state index in [0.29, 0.717) is 29.3 Å². The zero-order valence-corrected chi connectivity index (χ0v) is 15.1. The maximum absolute atomic E-state index is 13.1. The molecule has 2 heterocycles. The second-order valence-corrected chi connectivity index (χ2v) is 6.84. The molecule has 2 aromatic heterocycles. The number of carbonyl (C=O) groups excluding carboxylic acids is 1. The Morgan fingerprint density at radius 3 is 2.30 bits per heavy atom. The zero-order chi connectivity index (χ0) is 19.4. The van der Waals surface area contributed by atoms with E-state index in [9.17, 15) is 9.18 Å². The van der Waals surface area contributed by atoms with Crippen molar-refractivity contribution < 1.29 is 9.18 Å². The molecular weight excluding hydrogens is 345 g/mol. The van der Waals surface area contributed by atoms with E-state index in [1.54, 1.807) is 30.3 Å². The Balaban J connectivity index is 1.66. The van der Waals surface area contributed by atoms with Crippen molar-refractivity contribution in [1.82, 2.24) is 15.2 Å². The quantitative estimate of drug-likeness (QED) is 0.700. The van der Waals surface area contributed by atoms with Gasteiger partial charge in [-0.05, 0) is 42.0 Å². The van der Waals surface area contributed by atoms with Gasteiger partial charge in [-0.2, -0.15) is 0 Å². The number of pyridine rings is 1. The summed E-state index contributed by atoms with van der Waals surface area (Å²) in [6.07, 6.45) is 1.41. The molecule has 0 saturated heterocycles. The average Bonchev–Trinajstić information content (AvgIpc) is 2.67. The summed E-state index contributed by atoms with van der Waals surface area (Å²) in [6, 6.07) is 13.4. The summed E-state index contributed by atoms with van der Waals surface area (Å²) in [4.78, 5) is 15.3. The first-order chi connectivity index (χ1) is 12.8. The number of primary amides is 1. The van der Waals surface area contributed by atoms with E-state index >= 15 is 0 Å². The van der Waals surface area contributed by atoms with Crippen LogP contribution in [-0.4, -0.2) is 27.6 Å². The van der Waals surface area contributed by atoms with E-state index in [-0.39, 0.29) is 11.2 Å². The number of amides is 1. The van der Waals surface area contributed by atoms with Gasteiger partial charge >= 0.3 is 0 Å². The van der Waals surface area contributed by atoms with E-state index < -0.39 is 5.91 Å². The molecule has 0 aliphatic heterocycles. The highest BCUT2D eigenvalue weighted by molar-refractivity contribution is 5.92. The number of carbonyl (C=O) groups is 1. The minimum absolute atomic E-state index is 0.208. The number of anilines is 1. The predicted octanol–water partition coefficient (Wildman–Crippen LogP) is 3.17. The summed E-state index contributed by atoms with van der Waals surface area (Å²) in [7, 11) is 0. The second-order valence-electron chi connectivity index (χ2n) is 6.84. The van der Waals surface area contributed by atoms with Crippen molar-refractivity contribution in [2.45, 2.75) is 19.3 Å². The van der Waals surface area contributed by atoms with Crippen LogP contribution in [0.15, 0.2) is 54.7 Å². The second kappa shape index (κ2) is 7.49. The molecule has 3 N–H and O–H groups in total. The van der Waals surface area contributed by atoms with Crippen LogP contribution in [0.2, 0.25) is 0 Å². The number of rotatable bonds is 6. The Morgan fingerprint density at radius 1 is 1.04 bits per heavy atom. The number of halogens is 1. The number of hydrogen-bond acceptors (Lipinski definition) is 5. The average molecular weight is 365 g/mol. The molecule has 7 heteroatoms. The highest BCUT2D eigenvalue weighted by Crippen LogP contribution is 2.24. The van der Waals surface area contributed by atoms with Crippen molar-refractivity contribution in [2.75, 3.05) is 11.9 Å². The maximum atomic E-state index is 13.1. The number of nitrogens with zero attached hydrogens (tertiary/aromatic N) is 3. The van der Waals surface area contributed by atoms with Gasteiger partial charge in [-0.15, -0.1) is 10.2 Å². The molecule has 3 rings (SSSR count). The van der Waals surface area contributed by atoms with Crippen molar-refractivity contribution in [2.24, 2.45) is 5.73 Å². The SMILES string of the molecule is CC(C)(CNc1ccc(-c2ccc(C(N)=O)cn2)nn1)c1ccc(F)cc1. The monoisotopic (exact) mass is 365 g/mol. The Morgan fingerprint density at radius 2 is 1.74 bits per heavy atom. The van der Waals surface area contributed by atoms with Crippen LogP contribution < -0.4 is 11.1 Å². The Labute approximate surface area is 156 Å². The molecule has 6 nitrogen and oxygen atoms in total. The van der Waals surface area contributed by atoms with Crippen LogP contribution in [0.3, 0.4) is 0 Å². The Bertz CT molecular complexity index is 922. The van der Waals surface area contributed by atoms with Gasteiger partial charge in [0, 0.05) is 18.2 Å². The normalized spacial score (nSPS) is 11.2. The number of hydrogen-bond donors (Lipinski definition) is 2. The van der Waals surface area contributed by atoms with Crippen molar-refractivity contribution in [3.8, 4) is 11.4 Å². The number of aromatic nitrogens is 3. The minimum atomic E-state index is -0.525. The summed E-state index contributed by atoms with van der Waals surface area (Å²) < 4.78 is 13.1. The molecule has 1 amide bonds. The highest BCUT2D eigenvalue weighted by atomic mass is 19.1. The number of benzene rings is 1. The number of nitrogens with one attached hydrogen (secondary N) is 1. The molecule has 0 aliphatic carbocycles. The van der Waals surface area contributed by atoms with Gasteiger partial charge in [0.2, 0.25) is 5.91 Å². The van der Waals surface area contributed by atoms with E-state index in [0.717, 1.165) is 5.56 Å². The third kappa shape index (κ3) is 4.44. The van der Waals surface area contributed by atoms with Gasteiger partial charge in [0.25, 0.3) is 0 Å². The zero-order valence-electron chi connectivity index (χ0n) is 15.1. The molecule has 0 spiro atoms. The third-order valence-corrected chi connectivity index (χ3v) is 4.31. The van der Waals surface area contributed by atoms with Crippen molar-refractivity contribution >= 4 is 11.7 Å². The lowest BCUT2D eigenvalue weighted by Crippen LogP contribution is -2.28. The van der Waals surface area contributed by atoms with Gasteiger partial charge in [0.1, 0.15) is 17.3 Å². The fourth-order valence-electron chi connectivity index (χ4n) is 2.57. The van der Waals surface area contributed by atoms with Gasteiger partial charge in [0.15, 0.2) is 0 Å². The van der Waals surface area contributed by atoms with E-state index in [4.69, 9.17) is 5.73 Å². The summed E-state index contributed by atoms with van der Waals surface area (Å²) in [5, 5.41) is 11.6. The molecule has 0 atom stereocenters. The lowest BCUT2D eigenvalue weighted by Gasteiger charge is -2.25. The van der Waals surface area contributed by atoms with Crippen LogP contribution in [0.25, 0.3) is 11.4 Å². The van der Waals surface area contributed by atoms with Gasteiger partial charge in [-0.3, -0.25) is 9.78 Å². The molecule has 0 radical (unpaired) electrons. The van der Waals surface area contributed by atoms with Crippen molar-refractivity contribution in [3.05, 3.63) is 71.7 Å². The van der Waals surface area contributed by atoms with Crippen molar-refractivity contribution in [1.29, 1.82) is 0 Å². The first-order valence-electron chi connectivity index (χ1n) is 8.45. The van der Waals surface area contributed by atoms with Crippen LogP contribution in [0.4, 0.5) is 10.2 Å². The Kier molecular flexibility index (Phi) is 5.12. The largest absolute Gasteiger partial charge is 0.368 e. The van der Waals surface area contributed by atoms with Crippen LogP contribution in [-0.2, 0) is 5.41 Å². The Hall–Kier alpha value is -3.35. The molecule has 0 bridgehead atoms. The predicted molar refractivity (Wildman–Crippen MR) is 102 cm³/mol. The van der Waals surface area contributed by atoms with E-state index in [1.807, 2.05) is 6.07 Å². The first-order valence-corrected chi connectivity index (χ1v) is 8.45. The first kappa shape index (κ1) is 18.4. The lowest BCUT2D eigenvalue weighted by molar-refractivity contribution is 0.1000. The fraction of sp³-hybridized carbons (Fsp3) is 0.200. The minimum Gasteiger partial charge on any atom is -0.368 e. The molecule has 3 aromatic rings. The van der Waals surface area contributed by atoms with Crippen LogP contribution in [0.5, 0.6) is 0 Å². The molecule has 1 aromatic carbocycles. The fourth-order valence-corrected chi connectivity index (χ4v) is 2.57. The van der Waals surface area contributed by atoms with Crippen LogP contribution in [0, 0.1) is 5.82 Å². The molecule has 0 aliphatic rings. The number of nitrogens with two attached hydrogens (primary N) is 1. The lowest BCUT2D eigenvalue weighted by atomic mass is 9.84. The summed E-state index contributed by atoms with van der Waals surface area (Å²) >= 11 is 0. The molecule has 27 heavy (non-hydrogen) atoms. The van der Waals surface area contributed by atoms with Crippen LogP contribution in [0.1, 0.15) is 29.8 Å². The molecular formula is C20H20FN5O. The van der Waals surface area contributed by atoms with Gasteiger partial charge in [0.05, 0.1) is 11.3 Å². The molecule has 0 fully saturated rings. The summed E-state index contributed by atoms with van der Waals surface area (Å²) in [6.45, 7) is 4.75.